The summed E-state index contributed by atoms with van der Waals surface area (Å²) in [6, 6.07) is 8.32. The molecule has 0 aliphatic carbocycles. The summed E-state index contributed by atoms with van der Waals surface area (Å²) in [6.45, 7) is 10.4. The number of aryl methyl sites for hydroxylation is 1. The van der Waals surface area contributed by atoms with E-state index in [-0.39, 0.29) is 0 Å². The highest BCUT2D eigenvalue weighted by Gasteiger charge is 2.10. The quantitative estimate of drug-likeness (QED) is 0.765. The third-order valence-electron chi connectivity index (χ3n) is 2.84. The van der Waals surface area contributed by atoms with Gasteiger partial charge in [-0.1, -0.05) is 39.8 Å². The maximum Gasteiger partial charge on any atom is 0.145 e. The van der Waals surface area contributed by atoms with Gasteiger partial charge in [-0.15, -0.1) is 0 Å². The third-order valence-corrected chi connectivity index (χ3v) is 2.84. The van der Waals surface area contributed by atoms with E-state index in [1.54, 1.807) is 7.11 Å². The van der Waals surface area contributed by atoms with Gasteiger partial charge in [-0.05, 0) is 30.5 Å². The fourth-order valence-electron chi connectivity index (χ4n) is 1.98. The largest absolute Gasteiger partial charge is 0.494 e. The number of benzene rings is 1. The van der Waals surface area contributed by atoms with Crippen LogP contribution in [0, 0.1) is 6.92 Å². The van der Waals surface area contributed by atoms with Crippen LogP contribution in [0.4, 0.5) is 0 Å². The Bertz CT molecular complexity index is 518. The van der Waals surface area contributed by atoms with Crippen molar-refractivity contribution in [3.05, 3.63) is 35.5 Å². The van der Waals surface area contributed by atoms with Crippen LogP contribution in [-0.2, 0) is 0 Å². The van der Waals surface area contributed by atoms with Gasteiger partial charge in [0.2, 0.25) is 0 Å². The van der Waals surface area contributed by atoms with Gasteiger partial charge >= 0.3 is 0 Å². The highest BCUT2D eigenvalue weighted by atomic mass is 16.5. The molecule has 0 aliphatic heterocycles. The Balaban J connectivity index is 0.000000771. The molecule has 0 spiro atoms. The van der Waals surface area contributed by atoms with Gasteiger partial charge in [0.1, 0.15) is 11.3 Å². The van der Waals surface area contributed by atoms with Crippen molar-refractivity contribution in [3.63, 3.8) is 0 Å². The summed E-state index contributed by atoms with van der Waals surface area (Å²) in [7, 11) is 1.69. The second kappa shape index (κ2) is 6.39. The summed E-state index contributed by atoms with van der Waals surface area (Å²) in [5.41, 5.74) is 3.31. The molecule has 2 rings (SSSR count). The van der Waals surface area contributed by atoms with Crippen molar-refractivity contribution in [1.82, 2.24) is 4.98 Å². The van der Waals surface area contributed by atoms with E-state index in [4.69, 9.17) is 4.74 Å². The first kappa shape index (κ1) is 14.5. The lowest BCUT2D eigenvalue weighted by Gasteiger charge is -2.12. The number of fused-ring (bicyclic) bond motifs is 1. The predicted octanol–water partition coefficient (Wildman–Crippen LogP) is 4.70. The third kappa shape index (κ3) is 2.81. The number of rotatable bonds is 2. The molecule has 0 aliphatic rings. The van der Waals surface area contributed by atoms with Crippen LogP contribution in [-0.4, -0.2) is 12.1 Å². The van der Waals surface area contributed by atoms with Crippen LogP contribution < -0.4 is 4.74 Å². The molecule has 0 bridgehead atoms. The molecule has 0 unspecified atom stereocenters. The predicted molar refractivity (Wildman–Crippen MR) is 78.5 cm³/mol. The number of ether oxygens (including phenoxy) is 1. The molecule has 98 valence electrons. The molecular weight excluding hydrogens is 222 g/mol. The van der Waals surface area contributed by atoms with E-state index in [9.17, 15) is 0 Å². The Kier molecular flexibility index (Phi) is 5.14. The van der Waals surface area contributed by atoms with Crippen molar-refractivity contribution >= 4 is 10.9 Å². The second-order valence-electron chi connectivity index (χ2n) is 4.36. The fourth-order valence-corrected chi connectivity index (χ4v) is 1.98. The van der Waals surface area contributed by atoms with Crippen LogP contribution in [0.2, 0.25) is 0 Å². The minimum atomic E-state index is 0.498. The van der Waals surface area contributed by atoms with Gasteiger partial charge in [0.25, 0.3) is 0 Å². The molecule has 0 radical (unpaired) electrons. The zero-order valence-corrected chi connectivity index (χ0v) is 12.2. The van der Waals surface area contributed by atoms with Crippen LogP contribution in [0.25, 0.3) is 10.9 Å². The Labute approximate surface area is 110 Å². The average Bonchev–Trinajstić information content (AvgIpc) is 2.39. The molecule has 2 nitrogen and oxygen atoms in total. The van der Waals surface area contributed by atoms with Crippen molar-refractivity contribution in [2.45, 2.75) is 40.5 Å². The van der Waals surface area contributed by atoms with E-state index in [2.05, 4.69) is 31.0 Å². The summed E-state index contributed by atoms with van der Waals surface area (Å²) in [5.74, 6) is 1.35. The van der Waals surface area contributed by atoms with Gasteiger partial charge in [-0.2, -0.15) is 0 Å². The smallest absolute Gasteiger partial charge is 0.145 e. The minimum Gasteiger partial charge on any atom is -0.494 e. The Morgan fingerprint density at radius 1 is 1.06 bits per heavy atom. The van der Waals surface area contributed by atoms with Crippen LogP contribution in [0.5, 0.6) is 5.75 Å². The van der Waals surface area contributed by atoms with Gasteiger partial charge in [-0.3, -0.25) is 0 Å². The van der Waals surface area contributed by atoms with E-state index in [0.29, 0.717) is 5.92 Å². The summed E-state index contributed by atoms with van der Waals surface area (Å²) in [4.78, 5) is 4.56. The average molecular weight is 245 g/mol. The first-order valence-electron chi connectivity index (χ1n) is 6.57. The Morgan fingerprint density at radius 2 is 1.72 bits per heavy atom. The summed E-state index contributed by atoms with van der Waals surface area (Å²) in [6.07, 6.45) is 0. The lowest BCUT2D eigenvalue weighted by atomic mass is 9.97. The highest BCUT2D eigenvalue weighted by molar-refractivity contribution is 5.88. The van der Waals surface area contributed by atoms with Gasteiger partial charge in [0.15, 0.2) is 0 Å². The molecule has 1 aromatic carbocycles. The topological polar surface area (TPSA) is 22.1 Å². The number of pyridine rings is 1. The molecule has 2 aromatic rings. The van der Waals surface area contributed by atoms with Crippen molar-refractivity contribution in [1.29, 1.82) is 0 Å². The second-order valence-corrected chi connectivity index (χ2v) is 4.36. The lowest BCUT2D eigenvalue weighted by Crippen LogP contribution is -1.95. The molecule has 1 heterocycles. The minimum absolute atomic E-state index is 0.498. The molecule has 0 N–H and O–H groups in total. The standard InChI is InChI=1S/C14H17NO.C2H6/c1-9(2)11-7-8-13(16-4)14-12(11)6-5-10(3)15-14;1-2/h5-9H,1-4H3;1-2H3. The van der Waals surface area contributed by atoms with E-state index >= 15 is 0 Å². The molecule has 18 heavy (non-hydrogen) atoms. The van der Waals surface area contributed by atoms with Gasteiger partial charge in [0, 0.05) is 11.1 Å². The molecule has 0 fully saturated rings. The first-order chi connectivity index (χ1) is 8.63. The molecule has 2 heteroatoms. The van der Waals surface area contributed by atoms with Crippen molar-refractivity contribution < 1.29 is 4.74 Å². The molecule has 0 amide bonds. The number of methoxy groups -OCH3 is 1. The SMILES string of the molecule is CC.COc1ccc(C(C)C)c2ccc(C)nc12. The number of hydrogen-bond donors (Lipinski definition) is 0. The number of aromatic nitrogens is 1. The lowest BCUT2D eigenvalue weighted by molar-refractivity contribution is 0.418. The van der Waals surface area contributed by atoms with Gasteiger partial charge in [0.05, 0.1) is 7.11 Å². The highest BCUT2D eigenvalue weighted by Crippen LogP contribution is 2.30. The molecular formula is C16H23NO. The molecule has 0 saturated heterocycles. The van der Waals surface area contributed by atoms with Crippen LogP contribution in [0.1, 0.15) is 44.9 Å². The van der Waals surface area contributed by atoms with E-state index in [1.807, 2.05) is 32.9 Å². The normalized spacial score (nSPS) is 10.2. The van der Waals surface area contributed by atoms with Crippen molar-refractivity contribution in [2.75, 3.05) is 7.11 Å². The van der Waals surface area contributed by atoms with Crippen LogP contribution in [0.3, 0.4) is 0 Å². The van der Waals surface area contributed by atoms with E-state index < -0.39 is 0 Å². The monoisotopic (exact) mass is 245 g/mol. The first-order valence-corrected chi connectivity index (χ1v) is 6.57. The van der Waals surface area contributed by atoms with Gasteiger partial charge < -0.3 is 4.74 Å². The zero-order chi connectivity index (χ0) is 13.7. The fraction of sp³-hybridized carbons (Fsp3) is 0.438. The zero-order valence-electron chi connectivity index (χ0n) is 12.2. The van der Waals surface area contributed by atoms with Crippen molar-refractivity contribution in [2.24, 2.45) is 0 Å². The van der Waals surface area contributed by atoms with E-state index in [1.165, 1.54) is 10.9 Å². The maximum absolute atomic E-state index is 5.35. The van der Waals surface area contributed by atoms with E-state index in [0.717, 1.165) is 17.0 Å². The summed E-state index contributed by atoms with van der Waals surface area (Å²) >= 11 is 0. The van der Waals surface area contributed by atoms with Crippen LogP contribution >= 0.6 is 0 Å². The van der Waals surface area contributed by atoms with Crippen LogP contribution in [0.15, 0.2) is 24.3 Å². The van der Waals surface area contributed by atoms with Gasteiger partial charge in [-0.25, -0.2) is 4.98 Å². The molecule has 0 atom stereocenters. The van der Waals surface area contributed by atoms with Crippen molar-refractivity contribution in [3.8, 4) is 5.75 Å². The summed E-state index contributed by atoms with van der Waals surface area (Å²) in [5, 5.41) is 1.19. The summed E-state index contributed by atoms with van der Waals surface area (Å²) < 4.78 is 5.35. The Morgan fingerprint density at radius 3 is 2.28 bits per heavy atom. The molecule has 0 saturated carbocycles. The molecule has 1 aromatic heterocycles. The number of hydrogen-bond acceptors (Lipinski definition) is 2. The Hall–Kier alpha value is -1.57. The number of nitrogens with zero attached hydrogens (tertiary/aromatic N) is 1. The maximum atomic E-state index is 5.35.